The lowest BCUT2D eigenvalue weighted by Crippen LogP contribution is -2.05. The van der Waals surface area contributed by atoms with Gasteiger partial charge in [0.15, 0.2) is 5.78 Å². The second-order valence-electron chi connectivity index (χ2n) is 8.77. The predicted octanol–water partition coefficient (Wildman–Crippen LogP) is 7.26. The molecular weight excluding hydrogens is 449 g/mol. The molecule has 33 heavy (non-hydrogen) atoms. The van der Waals surface area contributed by atoms with Crippen LogP contribution in [-0.4, -0.2) is 16.9 Å². The third-order valence-corrected chi connectivity index (χ3v) is 6.92. The maximum atomic E-state index is 13.2. The number of carboxylic acids is 1. The van der Waals surface area contributed by atoms with Gasteiger partial charge >= 0.3 is 12.1 Å². The van der Waals surface area contributed by atoms with Gasteiger partial charge in [0.1, 0.15) is 0 Å². The molecule has 1 N–H and O–H groups in total. The Hall–Kier alpha value is -2.67. The summed E-state index contributed by atoms with van der Waals surface area (Å²) in [6, 6.07) is 9.19. The number of ketones is 1. The molecule has 0 unspecified atom stereocenters. The molecule has 0 aliphatic carbocycles. The molecule has 0 saturated carbocycles. The van der Waals surface area contributed by atoms with Gasteiger partial charge in [-0.2, -0.15) is 13.2 Å². The summed E-state index contributed by atoms with van der Waals surface area (Å²) in [6.45, 7) is 5.99. The van der Waals surface area contributed by atoms with Crippen molar-refractivity contribution in [3.63, 3.8) is 0 Å². The molecule has 0 bridgehead atoms. The number of Topliss-reactive ketones (excluding diaryl/α,β-unsaturated/α-hetero) is 1. The topological polar surface area (TPSA) is 54.4 Å². The van der Waals surface area contributed by atoms with Gasteiger partial charge in [-0.1, -0.05) is 32.0 Å². The van der Waals surface area contributed by atoms with Crippen molar-refractivity contribution in [2.45, 2.75) is 59.1 Å². The Labute approximate surface area is 195 Å². The van der Waals surface area contributed by atoms with Crippen LogP contribution >= 0.6 is 11.3 Å². The molecule has 0 aliphatic rings. The fourth-order valence-corrected chi connectivity index (χ4v) is 5.25. The first-order valence-corrected chi connectivity index (χ1v) is 11.7. The molecule has 176 valence electrons. The van der Waals surface area contributed by atoms with Crippen molar-refractivity contribution in [2.75, 3.05) is 0 Å². The van der Waals surface area contributed by atoms with Crippen LogP contribution < -0.4 is 0 Å². The Balaban J connectivity index is 1.81. The van der Waals surface area contributed by atoms with Crippen molar-refractivity contribution in [1.29, 1.82) is 0 Å². The molecule has 0 aliphatic heterocycles. The Kier molecular flexibility index (Phi) is 7.62. The summed E-state index contributed by atoms with van der Waals surface area (Å²) in [5, 5.41) is 9.70. The zero-order chi connectivity index (χ0) is 24.3. The highest BCUT2D eigenvalue weighted by Gasteiger charge is 2.31. The van der Waals surface area contributed by atoms with Gasteiger partial charge in [0.25, 0.3) is 0 Å². The first-order chi connectivity index (χ1) is 15.5. The quantitative estimate of drug-likeness (QED) is 0.331. The number of aryl methyl sites for hydroxylation is 3. The van der Waals surface area contributed by atoms with Gasteiger partial charge in [0, 0.05) is 28.0 Å². The minimum atomic E-state index is -4.39. The van der Waals surface area contributed by atoms with Crippen molar-refractivity contribution in [1.82, 2.24) is 0 Å². The van der Waals surface area contributed by atoms with E-state index < -0.39 is 17.7 Å². The van der Waals surface area contributed by atoms with Gasteiger partial charge < -0.3 is 5.11 Å². The van der Waals surface area contributed by atoms with E-state index in [1.165, 1.54) is 17.4 Å². The summed E-state index contributed by atoms with van der Waals surface area (Å²) in [5.74, 6) is -0.565. The average Bonchev–Trinajstić information content (AvgIpc) is 3.06. The van der Waals surface area contributed by atoms with Crippen molar-refractivity contribution < 1.29 is 27.9 Å². The largest absolute Gasteiger partial charge is 0.481 e. The zero-order valence-electron chi connectivity index (χ0n) is 18.9. The number of thiophene rings is 1. The molecule has 3 rings (SSSR count). The third-order valence-electron chi connectivity index (χ3n) is 5.67. The van der Waals surface area contributed by atoms with Crippen molar-refractivity contribution in [3.8, 4) is 0 Å². The summed E-state index contributed by atoms with van der Waals surface area (Å²) in [4.78, 5) is 24.6. The first kappa shape index (κ1) is 25.0. The summed E-state index contributed by atoms with van der Waals surface area (Å²) in [5.41, 5.74) is 2.72. The van der Waals surface area contributed by atoms with Crippen LogP contribution in [0.1, 0.15) is 64.2 Å². The molecule has 3 aromatic rings. The number of hydrogen-bond donors (Lipinski definition) is 1. The van der Waals surface area contributed by atoms with E-state index in [2.05, 4.69) is 13.8 Å². The second kappa shape index (κ2) is 10.1. The number of halogens is 3. The number of carbonyl (C=O) groups is 2. The summed E-state index contributed by atoms with van der Waals surface area (Å²) in [6.07, 6.45) is -2.46. The average molecular weight is 477 g/mol. The van der Waals surface area contributed by atoms with Gasteiger partial charge in [-0.15, -0.1) is 11.3 Å². The van der Waals surface area contributed by atoms with E-state index in [4.69, 9.17) is 5.11 Å². The van der Waals surface area contributed by atoms with E-state index in [1.54, 1.807) is 24.3 Å². The van der Waals surface area contributed by atoms with E-state index in [0.29, 0.717) is 29.0 Å². The van der Waals surface area contributed by atoms with Crippen molar-refractivity contribution in [2.24, 2.45) is 5.92 Å². The number of benzene rings is 2. The Morgan fingerprint density at radius 2 is 1.76 bits per heavy atom. The van der Waals surface area contributed by atoms with Crippen LogP contribution in [0, 0.1) is 12.8 Å². The van der Waals surface area contributed by atoms with Gasteiger partial charge in [-0.3, -0.25) is 9.59 Å². The molecule has 2 aromatic carbocycles. The van der Waals surface area contributed by atoms with Crippen molar-refractivity contribution >= 4 is 33.2 Å². The van der Waals surface area contributed by atoms with Crippen LogP contribution in [-0.2, 0) is 30.2 Å². The molecule has 1 heterocycles. The molecular formula is C26H27F3O3S. The third kappa shape index (κ3) is 6.22. The number of alkyl halides is 3. The van der Waals surface area contributed by atoms with E-state index in [9.17, 15) is 22.8 Å². The van der Waals surface area contributed by atoms with E-state index in [0.717, 1.165) is 39.4 Å². The molecule has 0 radical (unpaired) electrons. The highest BCUT2D eigenvalue weighted by molar-refractivity contribution is 7.19. The standard InChI is InChI=1S/C26H27F3O3S/c1-15(2)12-21-20-8-7-19(26(27,28)29)14-24(20)33-23(21)10-9-22(30)18-5-4-17(16(3)13-18)6-11-25(31)32/h4-5,7-8,13-15H,6,9-12H2,1-3H3,(H,31,32). The van der Waals surface area contributed by atoms with Crippen LogP contribution in [0.15, 0.2) is 36.4 Å². The summed E-state index contributed by atoms with van der Waals surface area (Å²) < 4.78 is 40.1. The molecule has 0 atom stereocenters. The second-order valence-corrected chi connectivity index (χ2v) is 9.91. The van der Waals surface area contributed by atoms with Gasteiger partial charge in [0.2, 0.25) is 0 Å². The first-order valence-electron chi connectivity index (χ1n) is 10.9. The van der Waals surface area contributed by atoms with Gasteiger partial charge in [-0.25, -0.2) is 0 Å². The number of carboxylic acid groups (broad SMARTS) is 1. The minimum absolute atomic E-state index is 0.0354. The van der Waals surface area contributed by atoms with E-state index in [-0.39, 0.29) is 18.6 Å². The molecule has 0 spiro atoms. The summed E-state index contributed by atoms with van der Waals surface area (Å²) >= 11 is 1.34. The smallest absolute Gasteiger partial charge is 0.416 e. The van der Waals surface area contributed by atoms with Crippen molar-refractivity contribution in [3.05, 3.63) is 69.1 Å². The minimum Gasteiger partial charge on any atom is -0.481 e. The lowest BCUT2D eigenvalue weighted by molar-refractivity contribution is -0.138. The fourth-order valence-electron chi connectivity index (χ4n) is 3.97. The number of aliphatic carboxylic acids is 1. The molecule has 0 amide bonds. The Bertz CT molecular complexity index is 1180. The van der Waals surface area contributed by atoms with Crippen LogP contribution in [0.2, 0.25) is 0 Å². The lowest BCUT2D eigenvalue weighted by atomic mass is 9.95. The molecule has 1 aromatic heterocycles. The van der Waals surface area contributed by atoms with E-state index >= 15 is 0 Å². The molecule has 3 nitrogen and oxygen atoms in total. The van der Waals surface area contributed by atoms with Gasteiger partial charge in [0.05, 0.1) is 5.56 Å². The number of hydrogen-bond acceptors (Lipinski definition) is 3. The molecule has 0 fully saturated rings. The SMILES string of the molecule is Cc1cc(C(=O)CCc2sc3cc(C(F)(F)F)ccc3c2CC(C)C)ccc1CCC(=O)O. The predicted molar refractivity (Wildman–Crippen MR) is 125 cm³/mol. The maximum absolute atomic E-state index is 13.2. The fraction of sp³-hybridized carbons (Fsp3) is 0.385. The maximum Gasteiger partial charge on any atom is 0.416 e. The molecule has 0 saturated heterocycles. The Morgan fingerprint density at radius 3 is 2.36 bits per heavy atom. The van der Waals surface area contributed by atoms with Crippen LogP contribution in [0.5, 0.6) is 0 Å². The highest BCUT2D eigenvalue weighted by atomic mass is 32.1. The number of carbonyl (C=O) groups excluding carboxylic acids is 1. The normalized spacial score (nSPS) is 12.0. The molecule has 7 heteroatoms. The van der Waals surface area contributed by atoms with Gasteiger partial charge in [-0.05, 0) is 72.4 Å². The summed E-state index contributed by atoms with van der Waals surface area (Å²) in [7, 11) is 0. The van der Waals surface area contributed by atoms with E-state index in [1.807, 2.05) is 6.92 Å². The zero-order valence-corrected chi connectivity index (χ0v) is 19.7. The lowest BCUT2D eigenvalue weighted by Gasteiger charge is -2.10. The van der Waals surface area contributed by atoms with Crippen LogP contribution in [0.25, 0.3) is 10.1 Å². The monoisotopic (exact) mass is 476 g/mol. The highest BCUT2D eigenvalue weighted by Crippen LogP contribution is 2.38. The van der Waals surface area contributed by atoms with Crippen LogP contribution in [0.4, 0.5) is 13.2 Å². The van der Waals surface area contributed by atoms with Crippen LogP contribution in [0.3, 0.4) is 0 Å². The number of rotatable bonds is 9. The number of fused-ring (bicyclic) bond motifs is 1. The Morgan fingerprint density at radius 1 is 1.03 bits per heavy atom.